The molecule has 0 aliphatic carbocycles. The molecule has 0 bridgehead atoms. The second-order valence-electron chi connectivity index (χ2n) is 5.53. The summed E-state index contributed by atoms with van der Waals surface area (Å²) < 4.78 is 5.20. The summed E-state index contributed by atoms with van der Waals surface area (Å²) in [6, 6.07) is 3.12. The molecule has 5 nitrogen and oxygen atoms in total. The number of nitrogens with zero attached hydrogens (tertiary/aromatic N) is 1. The number of anilines is 1. The molecule has 1 rings (SSSR count). The van der Waals surface area contributed by atoms with Crippen molar-refractivity contribution in [2.75, 3.05) is 39.0 Å². The van der Waals surface area contributed by atoms with E-state index in [9.17, 15) is 4.79 Å². The number of hydrogen-bond acceptors (Lipinski definition) is 4. The highest BCUT2D eigenvalue weighted by Crippen LogP contribution is 2.28. The van der Waals surface area contributed by atoms with Gasteiger partial charge in [0.1, 0.15) is 5.75 Å². The Morgan fingerprint density at radius 3 is 2.32 bits per heavy atom. The lowest BCUT2D eigenvalue weighted by Gasteiger charge is -2.20. The van der Waals surface area contributed by atoms with E-state index in [1.807, 2.05) is 0 Å². The van der Waals surface area contributed by atoms with Gasteiger partial charge in [-0.2, -0.15) is 0 Å². The van der Waals surface area contributed by atoms with Crippen molar-refractivity contribution in [2.45, 2.75) is 33.1 Å². The van der Waals surface area contributed by atoms with E-state index in [1.54, 1.807) is 12.1 Å². The number of nitrogen functional groups attached to an aromatic ring is 1. The largest absolute Gasteiger partial charge is 0.496 e. The zero-order valence-corrected chi connectivity index (χ0v) is 17.5. The number of ether oxygens (including phenoxy) is 1. The fourth-order valence-corrected chi connectivity index (χ4v) is 2.65. The predicted octanol–water partition coefficient (Wildman–Crippen LogP) is 4.02. The minimum absolute atomic E-state index is 0. The van der Waals surface area contributed by atoms with Gasteiger partial charge in [0.15, 0.2) is 0 Å². The third-order valence-electron chi connectivity index (χ3n) is 3.58. The smallest absolute Gasteiger partial charge is 0.255 e. The number of benzene rings is 1. The molecule has 0 saturated carbocycles. The summed E-state index contributed by atoms with van der Waals surface area (Å²) in [4.78, 5) is 14.7. The van der Waals surface area contributed by atoms with Crippen LogP contribution in [0.2, 0.25) is 5.02 Å². The standard InChI is InChI=1S/C17H28ClN3O2.2ClH/c1-4-8-21(9-5-2)10-6-7-20-17(22)13-11-14(18)15(19)12-16(13)23-3;;/h11-12H,4-10,19H2,1-3H3,(H,20,22);2*1H. The molecule has 1 amide bonds. The Hall–Kier alpha value is -0.880. The molecule has 0 unspecified atom stereocenters. The van der Waals surface area contributed by atoms with E-state index in [1.165, 1.54) is 7.11 Å². The molecule has 8 heteroatoms. The predicted molar refractivity (Wildman–Crippen MR) is 111 cm³/mol. The van der Waals surface area contributed by atoms with Crippen LogP contribution in [0.25, 0.3) is 0 Å². The van der Waals surface area contributed by atoms with Crippen molar-refractivity contribution in [3.05, 3.63) is 22.7 Å². The Morgan fingerprint density at radius 2 is 1.80 bits per heavy atom. The monoisotopic (exact) mass is 413 g/mol. The molecule has 0 aliphatic heterocycles. The molecule has 146 valence electrons. The van der Waals surface area contributed by atoms with Gasteiger partial charge in [-0.3, -0.25) is 4.79 Å². The van der Waals surface area contributed by atoms with E-state index in [0.29, 0.717) is 28.6 Å². The number of halogens is 3. The molecule has 0 spiro atoms. The molecule has 0 fully saturated rings. The highest BCUT2D eigenvalue weighted by Gasteiger charge is 2.14. The van der Waals surface area contributed by atoms with Crippen LogP contribution in [-0.4, -0.2) is 44.1 Å². The number of rotatable bonds is 10. The Labute approximate surface area is 168 Å². The highest BCUT2D eigenvalue weighted by atomic mass is 35.5. The summed E-state index contributed by atoms with van der Waals surface area (Å²) in [6.45, 7) is 8.17. The van der Waals surface area contributed by atoms with Crippen LogP contribution in [0.3, 0.4) is 0 Å². The highest BCUT2D eigenvalue weighted by molar-refractivity contribution is 6.33. The zero-order chi connectivity index (χ0) is 17.2. The average molecular weight is 415 g/mol. The summed E-state index contributed by atoms with van der Waals surface area (Å²) >= 11 is 5.99. The molecule has 0 saturated heterocycles. The van der Waals surface area contributed by atoms with Crippen LogP contribution in [0.4, 0.5) is 5.69 Å². The van der Waals surface area contributed by atoms with Crippen molar-refractivity contribution in [3.8, 4) is 5.75 Å². The lowest BCUT2D eigenvalue weighted by molar-refractivity contribution is 0.0948. The van der Waals surface area contributed by atoms with Gasteiger partial charge < -0.3 is 20.7 Å². The minimum atomic E-state index is -0.193. The first-order valence-electron chi connectivity index (χ1n) is 8.17. The van der Waals surface area contributed by atoms with E-state index in [-0.39, 0.29) is 30.7 Å². The number of nitrogens with one attached hydrogen (secondary N) is 1. The van der Waals surface area contributed by atoms with Crippen molar-refractivity contribution in [3.63, 3.8) is 0 Å². The van der Waals surface area contributed by atoms with Crippen molar-refractivity contribution in [1.82, 2.24) is 10.2 Å². The van der Waals surface area contributed by atoms with Gasteiger partial charge in [0.2, 0.25) is 0 Å². The third kappa shape index (κ3) is 8.86. The fourth-order valence-electron chi connectivity index (χ4n) is 2.48. The summed E-state index contributed by atoms with van der Waals surface area (Å²) in [6.07, 6.45) is 3.21. The SMILES string of the molecule is CCCN(CCC)CCCNC(=O)c1cc(Cl)c(N)cc1OC.Cl.Cl. The number of amides is 1. The van der Waals surface area contributed by atoms with Gasteiger partial charge in [-0.05, 0) is 45.0 Å². The van der Waals surface area contributed by atoms with Crippen LogP contribution < -0.4 is 15.8 Å². The second kappa shape index (κ2) is 14.3. The lowest BCUT2D eigenvalue weighted by Crippen LogP contribution is -2.31. The first-order valence-corrected chi connectivity index (χ1v) is 8.54. The van der Waals surface area contributed by atoms with E-state index >= 15 is 0 Å². The Kier molecular flexibility index (Phi) is 15.1. The molecule has 0 aliphatic rings. The number of carbonyl (C=O) groups excluding carboxylic acids is 1. The summed E-state index contributed by atoms with van der Waals surface area (Å²) in [5.41, 5.74) is 6.53. The maximum Gasteiger partial charge on any atom is 0.255 e. The number of methoxy groups -OCH3 is 1. The van der Waals surface area contributed by atoms with Gasteiger partial charge in [0.05, 0.1) is 23.4 Å². The van der Waals surface area contributed by atoms with Gasteiger partial charge in [-0.15, -0.1) is 24.8 Å². The van der Waals surface area contributed by atoms with E-state index < -0.39 is 0 Å². The second-order valence-corrected chi connectivity index (χ2v) is 5.93. The molecule has 0 radical (unpaired) electrons. The molecule has 0 atom stereocenters. The van der Waals surface area contributed by atoms with Crippen LogP contribution in [0, 0.1) is 0 Å². The van der Waals surface area contributed by atoms with Crippen LogP contribution in [0.1, 0.15) is 43.5 Å². The third-order valence-corrected chi connectivity index (χ3v) is 3.91. The quantitative estimate of drug-likeness (QED) is 0.448. The lowest BCUT2D eigenvalue weighted by atomic mass is 10.1. The Bertz CT molecular complexity index is 510. The molecule has 3 N–H and O–H groups in total. The number of nitrogens with two attached hydrogens (primary N) is 1. The van der Waals surface area contributed by atoms with Gasteiger partial charge in [-0.1, -0.05) is 25.4 Å². The molecule has 1 aromatic rings. The van der Waals surface area contributed by atoms with Crippen LogP contribution in [0.5, 0.6) is 5.75 Å². The Balaban J connectivity index is 0. The van der Waals surface area contributed by atoms with E-state index in [0.717, 1.165) is 38.9 Å². The molecule has 0 heterocycles. The summed E-state index contributed by atoms with van der Waals surface area (Å²) in [7, 11) is 1.51. The van der Waals surface area contributed by atoms with E-state index in [4.69, 9.17) is 22.1 Å². The van der Waals surface area contributed by atoms with Crippen LogP contribution in [0.15, 0.2) is 12.1 Å². The first-order chi connectivity index (χ1) is 11.0. The molecule has 25 heavy (non-hydrogen) atoms. The van der Waals surface area contributed by atoms with Crippen molar-refractivity contribution < 1.29 is 9.53 Å². The van der Waals surface area contributed by atoms with Crippen LogP contribution in [-0.2, 0) is 0 Å². The average Bonchev–Trinajstić information content (AvgIpc) is 2.53. The van der Waals surface area contributed by atoms with Crippen molar-refractivity contribution in [1.29, 1.82) is 0 Å². The first kappa shape index (κ1) is 26.4. The molecule has 0 aromatic heterocycles. The van der Waals surface area contributed by atoms with Gasteiger partial charge in [-0.25, -0.2) is 0 Å². The normalized spacial score (nSPS) is 9.96. The maximum atomic E-state index is 12.3. The van der Waals surface area contributed by atoms with Crippen molar-refractivity contribution in [2.24, 2.45) is 0 Å². The van der Waals surface area contributed by atoms with Crippen molar-refractivity contribution >= 4 is 48.0 Å². The van der Waals surface area contributed by atoms with E-state index in [2.05, 4.69) is 24.1 Å². The fraction of sp³-hybridized carbons (Fsp3) is 0.588. The van der Waals surface area contributed by atoms with Gasteiger partial charge in [0.25, 0.3) is 5.91 Å². The maximum absolute atomic E-state index is 12.3. The summed E-state index contributed by atoms with van der Waals surface area (Å²) in [5, 5.41) is 3.27. The van der Waals surface area contributed by atoms with Crippen LogP contribution >= 0.6 is 36.4 Å². The molecular formula is C17H30Cl3N3O2. The number of hydrogen-bond donors (Lipinski definition) is 2. The summed E-state index contributed by atoms with van der Waals surface area (Å²) in [5.74, 6) is 0.240. The topological polar surface area (TPSA) is 67.6 Å². The van der Waals surface area contributed by atoms with Gasteiger partial charge in [0, 0.05) is 12.6 Å². The zero-order valence-electron chi connectivity index (χ0n) is 15.1. The Morgan fingerprint density at radius 1 is 1.20 bits per heavy atom. The minimum Gasteiger partial charge on any atom is -0.496 e. The molecule has 1 aromatic carbocycles. The molecular weight excluding hydrogens is 385 g/mol. The van der Waals surface area contributed by atoms with Gasteiger partial charge >= 0.3 is 0 Å². The number of carbonyl (C=O) groups is 1.